The summed E-state index contributed by atoms with van der Waals surface area (Å²) in [7, 11) is 0. The second-order valence-electron chi connectivity index (χ2n) is 4.56. The van der Waals surface area contributed by atoms with Crippen LogP contribution in [-0.4, -0.2) is 5.78 Å². The van der Waals surface area contributed by atoms with Crippen molar-refractivity contribution in [3.63, 3.8) is 0 Å². The van der Waals surface area contributed by atoms with Gasteiger partial charge in [0.1, 0.15) is 0 Å². The van der Waals surface area contributed by atoms with Crippen molar-refractivity contribution >= 4 is 34.8 Å². The van der Waals surface area contributed by atoms with Crippen LogP contribution in [0.4, 0.5) is 5.69 Å². The van der Waals surface area contributed by atoms with Gasteiger partial charge in [0.15, 0.2) is 0 Å². The lowest BCUT2D eigenvalue weighted by atomic mass is 10.1. The Kier molecular flexibility index (Phi) is 3.55. The topological polar surface area (TPSA) is 29.1 Å². The van der Waals surface area contributed by atoms with Crippen molar-refractivity contribution in [2.45, 2.75) is 11.8 Å². The van der Waals surface area contributed by atoms with E-state index in [1.54, 1.807) is 6.20 Å². The van der Waals surface area contributed by atoms with Gasteiger partial charge in [0.05, 0.1) is 15.6 Å². The number of fused-ring (bicyclic) bond motifs is 1. The SMILES string of the molecule is Cc1ccc(N/C=C2\Sc3ccccc3C2=O)c(Cl)c1. The zero-order valence-corrected chi connectivity index (χ0v) is 12.4. The predicted molar refractivity (Wildman–Crippen MR) is 84.5 cm³/mol. The molecule has 1 N–H and O–H groups in total. The molecule has 2 aromatic carbocycles. The number of carbonyl (C=O) groups is 1. The average Bonchev–Trinajstić information content (AvgIpc) is 2.75. The van der Waals surface area contributed by atoms with E-state index in [9.17, 15) is 4.79 Å². The van der Waals surface area contributed by atoms with Crippen molar-refractivity contribution in [3.05, 3.63) is 69.7 Å². The number of halogens is 1. The first-order valence-electron chi connectivity index (χ1n) is 6.19. The van der Waals surface area contributed by atoms with E-state index in [4.69, 9.17) is 11.6 Å². The molecule has 100 valence electrons. The van der Waals surface area contributed by atoms with Crippen molar-refractivity contribution in [1.29, 1.82) is 0 Å². The number of allylic oxidation sites excluding steroid dienone is 1. The van der Waals surface area contributed by atoms with Crippen LogP contribution in [0.3, 0.4) is 0 Å². The zero-order chi connectivity index (χ0) is 14.1. The number of anilines is 1. The van der Waals surface area contributed by atoms with Crippen LogP contribution in [0.15, 0.2) is 58.5 Å². The highest BCUT2D eigenvalue weighted by Gasteiger charge is 2.25. The minimum absolute atomic E-state index is 0.0568. The molecule has 2 nitrogen and oxygen atoms in total. The van der Waals surface area contributed by atoms with Crippen LogP contribution in [0.25, 0.3) is 0 Å². The van der Waals surface area contributed by atoms with Crippen LogP contribution < -0.4 is 5.32 Å². The van der Waals surface area contributed by atoms with E-state index in [1.807, 2.05) is 49.4 Å². The second-order valence-corrected chi connectivity index (χ2v) is 6.05. The molecule has 1 aliphatic heterocycles. The summed E-state index contributed by atoms with van der Waals surface area (Å²) in [6, 6.07) is 13.4. The monoisotopic (exact) mass is 301 g/mol. The first kappa shape index (κ1) is 13.3. The Hall–Kier alpha value is -1.71. The lowest BCUT2D eigenvalue weighted by Gasteiger charge is -2.05. The summed E-state index contributed by atoms with van der Waals surface area (Å²) >= 11 is 7.64. The number of benzene rings is 2. The second kappa shape index (κ2) is 5.35. The fraction of sp³-hybridized carbons (Fsp3) is 0.0625. The van der Waals surface area contributed by atoms with Gasteiger partial charge in [-0.25, -0.2) is 0 Å². The van der Waals surface area contributed by atoms with Crippen LogP contribution in [0, 0.1) is 6.92 Å². The number of thioether (sulfide) groups is 1. The summed E-state index contributed by atoms with van der Waals surface area (Å²) in [5.41, 5.74) is 2.67. The first-order chi connectivity index (χ1) is 9.65. The van der Waals surface area contributed by atoms with Gasteiger partial charge in [0, 0.05) is 16.7 Å². The standard InChI is InChI=1S/C16H12ClNOS/c1-10-6-7-13(12(17)8-10)18-9-15-16(19)11-4-2-3-5-14(11)20-15/h2-9,18H,1H3/b15-9-. The molecule has 3 rings (SSSR count). The van der Waals surface area contributed by atoms with Gasteiger partial charge in [-0.3, -0.25) is 4.79 Å². The molecule has 1 aliphatic rings. The molecule has 0 spiro atoms. The third-order valence-electron chi connectivity index (χ3n) is 3.06. The van der Waals surface area contributed by atoms with Crippen LogP contribution in [0.2, 0.25) is 5.02 Å². The van der Waals surface area contributed by atoms with E-state index in [-0.39, 0.29) is 5.78 Å². The molecule has 2 aromatic rings. The number of aryl methyl sites for hydroxylation is 1. The molecular weight excluding hydrogens is 290 g/mol. The third kappa shape index (κ3) is 2.47. The van der Waals surface area contributed by atoms with Gasteiger partial charge in [-0.2, -0.15) is 0 Å². The quantitative estimate of drug-likeness (QED) is 0.801. The number of hydrogen-bond donors (Lipinski definition) is 1. The van der Waals surface area contributed by atoms with E-state index >= 15 is 0 Å². The Morgan fingerprint density at radius 2 is 2.00 bits per heavy atom. The molecule has 0 fully saturated rings. The van der Waals surface area contributed by atoms with Crippen molar-refractivity contribution < 1.29 is 4.79 Å². The minimum atomic E-state index is 0.0568. The van der Waals surface area contributed by atoms with Gasteiger partial charge in [-0.1, -0.05) is 41.6 Å². The fourth-order valence-corrected chi connectivity index (χ4v) is 3.28. The number of hydrogen-bond acceptors (Lipinski definition) is 3. The molecule has 0 radical (unpaired) electrons. The maximum absolute atomic E-state index is 12.2. The van der Waals surface area contributed by atoms with Gasteiger partial charge in [0.2, 0.25) is 5.78 Å². The van der Waals surface area contributed by atoms with Crippen LogP contribution in [0.1, 0.15) is 15.9 Å². The van der Waals surface area contributed by atoms with E-state index in [2.05, 4.69) is 5.32 Å². The number of Topliss-reactive ketones (excluding diaryl/α,β-unsaturated/α-hetero) is 1. The molecule has 0 amide bonds. The Morgan fingerprint density at radius 3 is 2.75 bits per heavy atom. The largest absolute Gasteiger partial charge is 0.359 e. The minimum Gasteiger partial charge on any atom is -0.359 e. The van der Waals surface area contributed by atoms with Crippen molar-refractivity contribution in [1.82, 2.24) is 0 Å². The van der Waals surface area contributed by atoms with E-state index < -0.39 is 0 Å². The normalized spacial score (nSPS) is 15.5. The first-order valence-corrected chi connectivity index (χ1v) is 7.39. The van der Waals surface area contributed by atoms with Crippen molar-refractivity contribution in [2.75, 3.05) is 5.32 Å². The van der Waals surface area contributed by atoms with Gasteiger partial charge < -0.3 is 5.32 Å². The molecule has 4 heteroatoms. The van der Waals surface area contributed by atoms with Crippen LogP contribution in [0.5, 0.6) is 0 Å². The van der Waals surface area contributed by atoms with E-state index in [1.165, 1.54) is 11.8 Å². The summed E-state index contributed by atoms with van der Waals surface area (Å²) in [4.78, 5) is 13.9. The maximum Gasteiger partial charge on any atom is 0.202 e. The highest BCUT2D eigenvalue weighted by Crippen LogP contribution is 2.39. The number of ketones is 1. The van der Waals surface area contributed by atoms with E-state index in [0.717, 1.165) is 21.7 Å². The highest BCUT2D eigenvalue weighted by molar-refractivity contribution is 8.04. The van der Waals surface area contributed by atoms with Crippen LogP contribution in [-0.2, 0) is 0 Å². The van der Waals surface area contributed by atoms with Gasteiger partial charge >= 0.3 is 0 Å². The molecule has 1 heterocycles. The molecule has 20 heavy (non-hydrogen) atoms. The molecule has 0 saturated heterocycles. The number of nitrogens with one attached hydrogen (secondary N) is 1. The smallest absolute Gasteiger partial charge is 0.202 e. The molecule has 0 aliphatic carbocycles. The third-order valence-corrected chi connectivity index (χ3v) is 4.47. The summed E-state index contributed by atoms with van der Waals surface area (Å²) in [6.45, 7) is 1.99. The summed E-state index contributed by atoms with van der Waals surface area (Å²) in [6.07, 6.45) is 1.73. The fourth-order valence-electron chi connectivity index (χ4n) is 2.02. The Bertz CT molecular complexity index is 724. The Morgan fingerprint density at radius 1 is 1.20 bits per heavy atom. The van der Waals surface area contributed by atoms with Gasteiger partial charge in [0.25, 0.3) is 0 Å². The molecule has 0 atom stereocenters. The van der Waals surface area contributed by atoms with Crippen LogP contribution >= 0.6 is 23.4 Å². The number of rotatable bonds is 2. The molecule has 0 aromatic heterocycles. The summed E-state index contributed by atoms with van der Waals surface area (Å²) in [5.74, 6) is 0.0568. The lowest BCUT2D eigenvalue weighted by molar-refractivity contribution is 0.104. The molecule has 0 saturated carbocycles. The lowest BCUT2D eigenvalue weighted by Crippen LogP contribution is -1.97. The highest BCUT2D eigenvalue weighted by atomic mass is 35.5. The predicted octanol–water partition coefficient (Wildman–Crippen LogP) is 4.89. The summed E-state index contributed by atoms with van der Waals surface area (Å²) < 4.78 is 0. The van der Waals surface area contributed by atoms with Gasteiger partial charge in [-0.15, -0.1) is 0 Å². The Labute approximate surface area is 126 Å². The van der Waals surface area contributed by atoms with Gasteiger partial charge in [-0.05, 0) is 36.8 Å². The Balaban J connectivity index is 1.83. The number of carbonyl (C=O) groups excluding carboxylic acids is 1. The molecular formula is C16H12ClNOS. The van der Waals surface area contributed by atoms with Crippen molar-refractivity contribution in [3.8, 4) is 0 Å². The summed E-state index contributed by atoms with van der Waals surface area (Å²) in [5, 5.41) is 3.76. The van der Waals surface area contributed by atoms with E-state index in [0.29, 0.717) is 9.93 Å². The average molecular weight is 302 g/mol. The maximum atomic E-state index is 12.2. The zero-order valence-electron chi connectivity index (χ0n) is 10.8. The van der Waals surface area contributed by atoms with Crippen molar-refractivity contribution in [2.24, 2.45) is 0 Å². The molecule has 0 unspecified atom stereocenters. The molecule has 0 bridgehead atoms.